The van der Waals surface area contributed by atoms with Crippen molar-refractivity contribution in [2.45, 2.75) is 45.0 Å². The maximum absolute atomic E-state index is 10.9. The second kappa shape index (κ2) is 4.94. The van der Waals surface area contributed by atoms with Gasteiger partial charge in [0.15, 0.2) is 6.29 Å². The molecule has 0 radical (unpaired) electrons. The van der Waals surface area contributed by atoms with E-state index >= 15 is 0 Å². The third-order valence-corrected chi connectivity index (χ3v) is 3.09. The van der Waals surface area contributed by atoms with E-state index in [1.165, 1.54) is 6.92 Å². The fraction of sp³-hybridized carbons (Fsp3) is 0.909. The van der Waals surface area contributed by atoms with Crippen molar-refractivity contribution in [3.63, 3.8) is 0 Å². The zero-order valence-electron chi connectivity index (χ0n) is 9.11. The molecule has 1 aliphatic carbocycles. The number of carbonyl (C=O) groups is 1. The second-order valence-corrected chi connectivity index (χ2v) is 4.25. The molecule has 0 aromatic heterocycles. The molecule has 2 fully saturated rings. The zero-order valence-corrected chi connectivity index (χ0v) is 9.11. The minimum absolute atomic E-state index is 0.0776. The largest absolute Gasteiger partial charge is 0.462 e. The Hall–Kier alpha value is -0.610. The van der Waals surface area contributed by atoms with E-state index in [-0.39, 0.29) is 18.4 Å². The lowest BCUT2D eigenvalue weighted by atomic mass is 10.0. The van der Waals surface area contributed by atoms with Gasteiger partial charge in [-0.1, -0.05) is 0 Å². The summed E-state index contributed by atoms with van der Waals surface area (Å²) in [5.74, 6) is 0.233. The van der Waals surface area contributed by atoms with Crippen LogP contribution in [0.5, 0.6) is 0 Å². The zero-order chi connectivity index (χ0) is 10.7. The lowest BCUT2D eigenvalue weighted by molar-refractivity contribution is -0.150. The first kappa shape index (κ1) is 10.9. The average molecular weight is 214 g/mol. The molecule has 2 rings (SSSR count). The van der Waals surface area contributed by atoms with Crippen LogP contribution in [-0.2, 0) is 19.0 Å². The van der Waals surface area contributed by atoms with Crippen molar-refractivity contribution in [1.82, 2.24) is 0 Å². The molecule has 1 saturated carbocycles. The van der Waals surface area contributed by atoms with Gasteiger partial charge < -0.3 is 14.2 Å². The van der Waals surface area contributed by atoms with Gasteiger partial charge in [-0.2, -0.15) is 0 Å². The summed E-state index contributed by atoms with van der Waals surface area (Å²) in [6.07, 6.45) is 4.09. The minimum atomic E-state index is -0.180. The summed E-state index contributed by atoms with van der Waals surface area (Å²) in [6.45, 7) is 2.85. The quantitative estimate of drug-likeness (QED) is 0.667. The van der Waals surface area contributed by atoms with Crippen LogP contribution < -0.4 is 0 Å². The molecule has 1 saturated heterocycles. The van der Waals surface area contributed by atoms with E-state index in [4.69, 9.17) is 14.2 Å². The highest BCUT2D eigenvalue weighted by atomic mass is 16.7. The van der Waals surface area contributed by atoms with Gasteiger partial charge in [-0.3, -0.25) is 4.79 Å². The SMILES string of the molecule is CC(=O)O[C@@H]1CCC[C@@H]1CC1OCCO1. The number of carbonyl (C=O) groups excluding carboxylic acids is 1. The van der Waals surface area contributed by atoms with Crippen LogP contribution in [0.4, 0.5) is 0 Å². The molecular formula is C11H18O4. The van der Waals surface area contributed by atoms with Gasteiger partial charge in [0.2, 0.25) is 0 Å². The van der Waals surface area contributed by atoms with Crippen LogP contribution in [-0.4, -0.2) is 31.6 Å². The van der Waals surface area contributed by atoms with Crippen LogP contribution in [0.15, 0.2) is 0 Å². The van der Waals surface area contributed by atoms with E-state index in [0.717, 1.165) is 25.7 Å². The first-order valence-corrected chi connectivity index (χ1v) is 5.66. The van der Waals surface area contributed by atoms with E-state index < -0.39 is 0 Å². The van der Waals surface area contributed by atoms with E-state index in [1.807, 2.05) is 0 Å². The minimum Gasteiger partial charge on any atom is -0.462 e. The monoisotopic (exact) mass is 214 g/mol. The molecule has 0 N–H and O–H groups in total. The molecule has 0 aromatic carbocycles. The highest BCUT2D eigenvalue weighted by Gasteiger charge is 2.33. The first-order valence-electron chi connectivity index (χ1n) is 5.66. The van der Waals surface area contributed by atoms with Crippen LogP contribution in [0.2, 0.25) is 0 Å². The summed E-state index contributed by atoms with van der Waals surface area (Å²) in [5, 5.41) is 0. The predicted molar refractivity (Wildman–Crippen MR) is 53.2 cm³/mol. The molecule has 4 nitrogen and oxygen atoms in total. The van der Waals surface area contributed by atoms with Gasteiger partial charge in [-0.05, 0) is 19.3 Å². The van der Waals surface area contributed by atoms with Crippen molar-refractivity contribution in [2.24, 2.45) is 5.92 Å². The van der Waals surface area contributed by atoms with Gasteiger partial charge in [0.25, 0.3) is 0 Å². The lowest BCUT2D eigenvalue weighted by Gasteiger charge is -2.21. The highest BCUT2D eigenvalue weighted by Crippen LogP contribution is 2.33. The summed E-state index contributed by atoms with van der Waals surface area (Å²) in [7, 11) is 0. The summed E-state index contributed by atoms with van der Waals surface area (Å²) < 4.78 is 16.1. The molecule has 1 heterocycles. The van der Waals surface area contributed by atoms with E-state index in [2.05, 4.69) is 0 Å². The van der Waals surface area contributed by atoms with Crippen LogP contribution in [0, 0.1) is 5.92 Å². The van der Waals surface area contributed by atoms with Gasteiger partial charge in [0, 0.05) is 19.3 Å². The number of rotatable bonds is 3. The second-order valence-electron chi connectivity index (χ2n) is 4.25. The Bertz CT molecular complexity index is 223. The fourth-order valence-corrected chi connectivity index (χ4v) is 2.43. The number of esters is 1. The molecule has 2 aliphatic rings. The highest BCUT2D eigenvalue weighted by molar-refractivity contribution is 5.66. The molecule has 86 valence electrons. The van der Waals surface area contributed by atoms with Crippen LogP contribution in [0.1, 0.15) is 32.6 Å². The van der Waals surface area contributed by atoms with Crippen LogP contribution in [0.3, 0.4) is 0 Å². The smallest absolute Gasteiger partial charge is 0.302 e. The van der Waals surface area contributed by atoms with Crippen LogP contribution >= 0.6 is 0 Å². The molecule has 2 atom stereocenters. The third-order valence-electron chi connectivity index (χ3n) is 3.09. The Morgan fingerprint density at radius 1 is 1.33 bits per heavy atom. The van der Waals surface area contributed by atoms with Crippen molar-refractivity contribution in [2.75, 3.05) is 13.2 Å². The molecular weight excluding hydrogens is 196 g/mol. The molecule has 4 heteroatoms. The van der Waals surface area contributed by atoms with Gasteiger partial charge in [0.1, 0.15) is 6.10 Å². The maximum atomic E-state index is 10.9. The van der Waals surface area contributed by atoms with Crippen molar-refractivity contribution in [1.29, 1.82) is 0 Å². The Morgan fingerprint density at radius 2 is 2.07 bits per heavy atom. The first-order chi connectivity index (χ1) is 7.25. The van der Waals surface area contributed by atoms with E-state index in [1.54, 1.807) is 0 Å². The van der Waals surface area contributed by atoms with Crippen molar-refractivity contribution < 1.29 is 19.0 Å². The molecule has 0 amide bonds. The van der Waals surface area contributed by atoms with E-state index in [0.29, 0.717) is 19.1 Å². The average Bonchev–Trinajstić information content (AvgIpc) is 2.78. The standard InChI is InChI=1S/C11H18O4/c1-8(12)15-10-4-2-3-9(10)7-11-13-5-6-14-11/h9-11H,2-7H2,1H3/t9-,10-/m1/s1. The normalized spacial score (nSPS) is 32.1. The molecule has 0 unspecified atom stereocenters. The fourth-order valence-electron chi connectivity index (χ4n) is 2.43. The number of hydrogen-bond donors (Lipinski definition) is 0. The Morgan fingerprint density at radius 3 is 2.73 bits per heavy atom. The van der Waals surface area contributed by atoms with Crippen LogP contribution in [0.25, 0.3) is 0 Å². The Labute approximate surface area is 89.9 Å². The maximum Gasteiger partial charge on any atom is 0.302 e. The van der Waals surface area contributed by atoms with Gasteiger partial charge in [-0.15, -0.1) is 0 Å². The molecule has 0 bridgehead atoms. The molecule has 0 spiro atoms. The number of ether oxygens (including phenoxy) is 3. The lowest BCUT2D eigenvalue weighted by Crippen LogP contribution is -2.25. The topological polar surface area (TPSA) is 44.8 Å². The Kier molecular flexibility index (Phi) is 3.59. The Balaban J connectivity index is 1.81. The molecule has 0 aromatic rings. The summed E-state index contributed by atoms with van der Waals surface area (Å²) in [4.78, 5) is 10.9. The summed E-state index contributed by atoms with van der Waals surface area (Å²) in [6, 6.07) is 0. The van der Waals surface area contributed by atoms with Gasteiger partial charge >= 0.3 is 5.97 Å². The van der Waals surface area contributed by atoms with Crippen molar-refractivity contribution in [3.8, 4) is 0 Å². The van der Waals surface area contributed by atoms with Crippen molar-refractivity contribution in [3.05, 3.63) is 0 Å². The van der Waals surface area contributed by atoms with E-state index in [9.17, 15) is 4.79 Å². The summed E-state index contributed by atoms with van der Waals surface area (Å²) >= 11 is 0. The molecule has 15 heavy (non-hydrogen) atoms. The molecule has 1 aliphatic heterocycles. The predicted octanol–water partition coefficient (Wildman–Crippen LogP) is 1.48. The number of hydrogen-bond acceptors (Lipinski definition) is 4. The van der Waals surface area contributed by atoms with Gasteiger partial charge in [-0.25, -0.2) is 0 Å². The summed E-state index contributed by atoms with van der Waals surface area (Å²) in [5.41, 5.74) is 0. The third kappa shape index (κ3) is 2.92. The van der Waals surface area contributed by atoms with Crippen molar-refractivity contribution >= 4 is 5.97 Å². The van der Waals surface area contributed by atoms with Gasteiger partial charge in [0.05, 0.1) is 13.2 Å².